The zero-order valence-electron chi connectivity index (χ0n) is 19.8. The molecular formula is C27H26FN3O4. The fourth-order valence-corrected chi connectivity index (χ4v) is 4.35. The van der Waals surface area contributed by atoms with Gasteiger partial charge >= 0.3 is 0 Å². The third-order valence-electron chi connectivity index (χ3n) is 6.27. The number of amides is 1. The molecule has 1 amide bonds. The molecule has 0 spiro atoms. The summed E-state index contributed by atoms with van der Waals surface area (Å²) in [5.41, 5.74) is 1.56. The van der Waals surface area contributed by atoms with Gasteiger partial charge in [0.2, 0.25) is 0 Å². The van der Waals surface area contributed by atoms with Gasteiger partial charge < -0.3 is 19.2 Å². The van der Waals surface area contributed by atoms with Crippen LogP contribution in [0.5, 0.6) is 0 Å². The summed E-state index contributed by atoms with van der Waals surface area (Å²) < 4.78 is 26.8. The van der Waals surface area contributed by atoms with Crippen LogP contribution in [0.25, 0.3) is 33.7 Å². The van der Waals surface area contributed by atoms with E-state index in [-0.39, 0.29) is 23.1 Å². The predicted octanol–water partition coefficient (Wildman–Crippen LogP) is 4.78. The Morgan fingerprint density at radius 3 is 2.66 bits per heavy atom. The average molecular weight is 476 g/mol. The molecule has 8 heteroatoms. The molecule has 0 radical (unpaired) electrons. The highest BCUT2D eigenvalue weighted by Crippen LogP contribution is 2.36. The van der Waals surface area contributed by atoms with E-state index in [4.69, 9.17) is 9.15 Å². The number of carbonyl (C=O) groups excluding carboxylic acids is 1. The fourth-order valence-electron chi connectivity index (χ4n) is 4.35. The number of halogens is 1. The van der Waals surface area contributed by atoms with Crippen LogP contribution >= 0.6 is 0 Å². The zero-order valence-corrected chi connectivity index (χ0v) is 19.8. The van der Waals surface area contributed by atoms with Crippen molar-refractivity contribution in [3.8, 4) is 22.6 Å². The van der Waals surface area contributed by atoms with Gasteiger partial charge in [-0.15, -0.1) is 0 Å². The number of carbonyl (C=O) groups is 1. The van der Waals surface area contributed by atoms with Gasteiger partial charge in [-0.05, 0) is 39.0 Å². The number of hydrogen-bond donors (Lipinski definition) is 1. The second kappa shape index (κ2) is 8.87. The van der Waals surface area contributed by atoms with Crippen molar-refractivity contribution in [2.75, 3.05) is 19.8 Å². The third-order valence-corrected chi connectivity index (χ3v) is 6.27. The van der Waals surface area contributed by atoms with Crippen LogP contribution in [0, 0.1) is 5.82 Å². The maximum Gasteiger partial charge on any atom is 0.254 e. The minimum absolute atomic E-state index is 0.0265. The number of rotatable bonds is 4. The second-order valence-corrected chi connectivity index (χ2v) is 9.27. The monoisotopic (exact) mass is 475 g/mol. The minimum atomic E-state index is -1.35. The van der Waals surface area contributed by atoms with Crippen LogP contribution in [0.4, 0.5) is 4.39 Å². The number of ether oxygens (including phenoxy) is 1. The molecule has 1 atom stereocenters. The average Bonchev–Trinajstić information content (AvgIpc) is 3.28. The van der Waals surface area contributed by atoms with E-state index in [0.29, 0.717) is 47.9 Å². The summed E-state index contributed by atoms with van der Waals surface area (Å²) in [7, 11) is 0. The Balaban J connectivity index is 1.49. The topological polar surface area (TPSA) is 88.7 Å². The lowest BCUT2D eigenvalue weighted by Gasteiger charge is -2.33. The van der Waals surface area contributed by atoms with Crippen molar-refractivity contribution in [3.05, 3.63) is 71.8 Å². The van der Waals surface area contributed by atoms with Gasteiger partial charge in [-0.2, -0.15) is 0 Å². The molecule has 1 fully saturated rings. The van der Waals surface area contributed by atoms with Gasteiger partial charge in [-0.3, -0.25) is 4.79 Å². The number of nitrogens with zero attached hydrogens (tertiary/aromatic N) is 3. The first-order chi connectivity index (χ1) is 16.7. The summed E-state index contributed by atoms with van der Waals surface area (Å²) in [4.78, 5) is 23.3. The van der Waals surface area contributed by atoms with E-state index in [1.54, 1.807) is 36.4 Å². The first kappa shape index (κ1) is 23.1. The molecule has 35 heavy (non-hydrogen) atoms. The van der Waals surface area contributed by atoms with Crippen molar-refractivity contribution in [3.63, 3.8) is 0 Å². The summed E-state index contributed by atoms with van der Waals surface area (Å²) >= 11 is 0. The van der Waals surface area contributed by atoms with Crippen molar-refractivity contribution in [2.45, 2.75) is 32.4 Å². The van der Waals surface area contributed by atoms with Gasteiger partial charge in [0.25, 0.3) is 5.91 Å². The second-order valence-electron chi connectivity index (χ2n) is 9.27. The lowest BCUT2D eigenvalue weighted by atomic mass is 9.94. The van der Waals surface area contributed by atoms with Gasteiger partial charge in [0.15, 0.2) is 5.58 Å². The molecule has 7 nitrogen and oxygen atoms in total. The Morgan fingerprint density at radius 2 is 1.94 bits per heavy atom. The molecule has 1 N–H and O–H groups in total. The van der Waals surface area contributed by atoms with Gasteiger partial charge in [0, 0.05) is 34.9 Å². The summed E-state index contributed by atoms with van der Waals surface area (Å²) in [6, 6.07) is 13.8. The molecule has 3 heterocycles. The van der Waals surface area contributed by atoms with E-state index in [9.17, 15) is 9.90 Å². The van der Waals surface area contributed by atoms with Crippen LogP contribution in [-0.2, 0) is 10.3 Å². The number of fused-ring (bicyclic) bond motifs is 1. The summed E-state index contributed by atoms with van der Waals surface area (Å²) in [6.07, 6.45) is 1.36. The lowest BCUT2D eigenvalue weighted by Crippen LogP contribution is -2.47. The Labute approximate surface area is 202 Å². The summed E-state index contributed by atoms with van der Waals surface area (Å²) in [5, 5.41) is 10.3. The number of hydrogen-bond acceptors (Lipinski definition) is 6. The van der Waals surface area contributed by atoms with E-state index >= 15 is 4.39 Å². The molecule has 0 saturated carbocycles. The van der Waals surface area contributed by atoms with Crippen LogP contribution in [0.15, 0.2) is 59.3 Å². The normalized spacial score (nSPS) is 16.6. The summed E-state index contributed by atoms with van der Waals surface area (Å²) in [5.74, 6) is -0.0648. The van der Waals surface area contributed by atoms with Gasteiger partial charge in [0.05, 0.1) is 24.9 Å². The van der Waals surface area contributed by atoms with E-state index in [1.807, 2.05) is 24.0 Å². The maximum atomic E-state index is 15.3. The van der Waals surface area contributed by atoms with Gasteiger partial charge in [-0.25, -0.2) is 14.4 Å². The van der Waals surface area contributed by atoms with Crippen LogP contribution < -0.4 is 0 Å². The van der Waals surface area contributed by atoms with E-state index < -0.39 is 11.4 Å². The smallest absolute Gasteiger partial charge is 0.254 e. The van der Waals surface area contributed by atoms with Crippen molar-refractivity contribution in [1.82, 2.24) is 14.9 Å². The van der Waals surface area contributed by atoms with E-state index in [2.05, 4.69) is 9.97 Å². The Kier molecular flexibility index (Phi) is 5.86. The highest BCUT2D eigenvalue weighted by Gasteiger charge is 2.26. The molecule has 0 bridgehead atoms. The van der Waals surface area contributed by atoms with Crippen LogP contribution in [0.1, 0.15) is 36.7 Å². The first-order valence-corrected chi connectivity index (χ1v) is 11.5. The highest BCUT2D eigenvalue weighted by molar-refractivity contribution is 5.95. The van der Waals surface area contributed by atoms with Crippen molar-refractivity contribution in [2.24, 2.45) is 0 Å². The molecule has 5 rings (SSSR count). The summed E-state index contributed by atoms with van der Waals surface area (Å²) in [6.45, 7) is 6.67. The molecule has 1 saturated heterocycles. The van der Waals surface area contributed by atoms with Crippen LogP contribution in [0.2, 0.25) is 0 Å². The quantitative estimate of drug-likeness (QED) is 0.457. The third kappa shape index (κ3) is 4.31. The van der Waals surface area contributed by atoms with Crippen molar-refractivity contribution in [1.29, 1.82) is 0 Å². The largest absolute Gasteiger partial charge is 0.452 e. The predicted molar refractivity (Wildman–Crippen MR) is 129 cm³/mol. The highest BCUT2D eigenvalue weighted by atomic mass is 19.1. The molecule has 4 aromatic rings. The Morgan fingerprint density at radius 1 is 1.17 bits per heavy atom. The molecule has 1 aliphatic heterocycles. The first-order valence-electron chi connectivity index (χ1n) is 11.5. The molecule has 2 aromatic carbocycles. The standard InChI is InChI=1S/C27H26FN3O4/c1-16-14-34-12-11-31(16)26(32)18-9-7-17(8-10-18)22-13-21-25(35-22)24(30-15-29-21)19-5-4-6-20(23(19)28)27(2,3)33/h4-10,13,15-16,33H,11-12,14H2,1-3H3/t16-/m0/s1. The number of benzene rings is 2. The molecule has 180 valence electrons. The number of furan rings is 1. The van der Waals surface area contributed by atoms with Crippen LogP contribution in [0.3, 0.4) is 0 Å². The lowest BCUT2D eigenvalue weighted by molar-refractivity contribution is 0.00359. The molecule has 2 aromatic heterocycles. The van der Waals surface area contributed by atoms with Crippen LogP contribution in [-0.4, -0.2) is 51.7 Å². The molecular weight excluding hydrogens is 449 g/mol. The fraction of sp³-hybridized carbons (Fsp3) is 0.296. The van der Waals surface area contributed by atoms with E-state index in [0.717, 1.165) is 5.56 Å². The number of morpholine rings is 1. The van der Waals surface area contributed by atoms with Gasteiger partial charge in [-0.1, -0.05) is 24.3 Å². The molecule has 1 aliphatic rings. The number of aliphatic hydroxyl groups is 1. The molecule has 0 aliphatic carbocycles. The Bertz CT molecular complexity index is 1390. The Hall–Kier alpha value is -3.62. The van der Waals surface area contributed by atoms with Crippen molar-refractivity contribution >= 4 is 17.0 Å². The van der Waals surface area contributed by atoms with E-state index in [1.165, 1.54) is 20.2 Å². The minimum Gasteiger partial charge on any atom is -0.452 e. The zero-order chi connectivity index (χ0) is 24.7. The maximum absolute atomic E-state index is 15.3. The van der Waals surface area contributed by atoms with Gasteiger partial charge in [0.1, 0.15) is 29.1 Å². The number of aromatic nitrogens is 2. The van der Waals surface area contributed by atoms with Crippen molar-refractivity contribution < 1.29 is 23.4 Å². The molecule has 0 unspecified atom stereocenters. The SMILES string of the molecule is C[C@H]1COCCN1C(=O)c1ccc(-c2cc3ncnc(-c4cccc(C(C)(C)O)c4F)c3o2)cc1.